The first-order chi connectivity index (χ1) is 13.9. The summed E-state index contributed by atoms with van der Waals surface area (Å²) in [5.74, 6) is -0.300. The van der Waals surface area contributed by atoms with Gasteiger partial charge >= 0.3 is 0 Å². The third kappa shape index (κ3) is 5.90. The van der Waals surface area contributed by atoms with Crippen LogP contribution in [0.1, 0.15) is 75.7 Å². The highest BCUT2D eigenvalue weighted by molar-refractivity contribution is 6.06. The summed E-state index contributed by atoms with van der Waals surface area (Å²) in [6, 6.07) is 6.42. The number of pyridine rings is 1. The smallest absolute Gasteiger partial charge is 0.258 e. The van der Waals surface area contributed by atoms with Crippen molar-refractivity contribution >= 4 is 16.7 Å². The van der Waals surface area contributed by atoms with Crippen molar-refractivity contribution in [1.29, 1.82) is 0 Å². The maximum absolute atomic E-state index is 12.9. The topological polar surface area (TPSA) is 91.6 Å². The number of aliphatic hydroxyl groups excluding tert-OH is 2. The summed E-state index contributed by atoms with van der Waals surface area (Å²) >= 11 is 0. The van der Waals surface area contributed by atoms with Crippen LogP contribution < -0.4 is 10.9 Å². The standard InChI is InChI=1S/C23H34N2O4/c1-4-5-6-7-8-12-21(27)24-22(28)18-10-9-11-19-17(18)13-14-25(23(19)29)20(15-26)16(2)3/h9-11,13-14,16,20-21,26-27H,4-8,12,15H2,1-3H3,(H,24,28). The highest BCUT2D eigenvalue weighted by Crippen LogP contribution is 2.20. The number of benzene rings is 1. The van der Waals surface area contributed by atoms with Gasteiger partial charge in [-0.2, -0.15) is 0 Å². The zero-order chi connectivity index (χ0) is 21.4. The molecule has 0 aliphatic heterocycles. The molecule has 2 aromatic rings. The van der Waals surface area contributed by atoms with Crippen LogP contribution in [0.25, 0.3) is 10.8 Å². The second-order valence-corrected chi connectivity index (χ2v) is 7.98. The first-order valence-electron chi connectivity index (χ1n) is 10.6. The van der Waals surface area contributed by atoms with Crippen LogP contribution >= 0.6 is 0 Å². The Bertz CT molecular complexity index is 860. The van der Waals surface area contributed by atoms with Crippen molar-refractivity contribution in [2.24, 2.45) is 5.92 Å². The Morgan fingerprint density at radius 3 is 2.48 bits per heavy atom. The second-order valence-electron chi connectivity index (χ2n) is 7.98. The molecule has 2 unspecified atom stereocenters. The first-order valence-corrected chi connectivity index (χ1v) is 10.6. The van der Waals surface area contributed by atoms with Crippen LogP contribution in [0, 0.1) is 5.92 Å². The Morgan fingerprint density at radius 1 is 1.10 bits per heavy atom. The van der Waals surface area contributed by atoms with Crippen molar-refractivity contribution in [3.05, 3.63) is 46.4 Å². The number of hydrogen-bond donors (Lipinski definition) is 3. The number of aliphatic hydroxyl groups is 2. The van der Waals surface area contributed by atoms with Gasteiger partial charge in [0.15, 0.2) is 0 Å². The van der Waals surface area contributed by atoms with Crippen LogP contribution in [0.3, 0.4) is 0 Å². The molecule has 0 fully saturated rings. The largest absolute Gasteiger partial charge is 0.394 e. The van der Waals surface area contributed by atoms with Gasteiger partial charge in [0, 0.05) is 22.5 Å². The Balaban J connectivity index is 2.18. The van der Waals surface area contributed by atoms with E-state index in [0.717, 1.165) is 25.7 Å². The SMILES string of the molecule is CCCCCCCC(O)NC(=O)c1cccc2c(=O)n(C(CO)C(C)C)ccc12. The molecule has 160 valence electrons. The molecule has 0 bridgehead atoms. The van der Waals surface area contributed by atoms with E-state index >= 15 is 0 Å². The maximum Gasteiger partial charge on any atom is 0.258 e. The molecule has 29 heavy (non-hydrogen) atoms. The lowest BCUT2D eigenvalue weighted by atomic mass is 10.0. The average molecular weight is 403 g/mol. The summed E-state index contributed by atoms with van der Waals surface area (Å²) in [7, 11) is 0. The van der Waals surface area contributed by atoms with Crippen LogP contribution in [0.15, 0.2) is 35.3 Å². The highest BCUT2D eigenvalue weighted by atomic mass is 16.3. The molecular weight excluding hydrogens is 368 g/mol. The van der Waals surface area contributed by atoms with Gasteiger partial charge in [0.2, 0.25) is 0 Å². The number of carbonyl (C=O) groups is 1. The summed E-state index contributed by atoms with van der Waals surface area (Å²) in [5.41, 5.74) is 0.128. The first kappa shape index (κ1) is 23.1. The summed E-state index contributed by atoms with van der Waals surface area (Å²) < 4.78 is 1.53. The predicted octanol–water partition coefficient (Wildman–Crippen LogP) is 3.60. The van der Waals surface area contributed by atoms with E-state index in [1.807, 2.05) is 13.8 Å². The molecule has 0 radical (unpaired) electrons. The molecule has 3 N–H and O–H groups in total. The summed E-state index contributed by atoms with van der Waals surface area (Å²) in [6.07, 6.45) is 6.63. The number of rotatable bonds is 11. The van der Waals surface area contributed by atoms with Crippen LogP contribution in [-0.2, 0) is 0 Å². The molecule has 2 atom stereocenters. The molecule has 6 heteroatoms. The zero-order valence-corrected chi connectivity index (χ0v) is 17.7. The van der Waals surface area contributed by atoms with Crippen molar-refractivity contribution in [2.75, 3.05) is 6.61 Å². The molecule has 1 aromatic heterocycles. The van der Waals surface area contributed by atoms with E-state index in [1.165, 1.54) is 11.0 Å². The van der Waals surface area contributed by atoms with Gasteiger partial charge in [-0.25, -0.2) is 0 Å². The van der Waals surface area contributed by atoms with Crippen molar-refractivity contribution in [3.63, 3.8) is 0 Å². The normalized spacial score (nSPS) is 13.6. The minimum absolute atomic E-state index is 0.0918. The zero-order valence-electron chi connectivity index (χ0n) is 17.7. The monoisotopic (exact) mass is 402 g/mol. The van der Waals surface area contributed by atoms with Gasteiger partial charge in [0.25, 0.3) is 11.5 Å². The third-order valence-electron chi connectivity index (χ3n) is 5.41. The lowest BCUT2D eigenvalue weighted by molar-refractivity contribution is 0.0759. The average Bonchev–Trinajstić information content (AvgIpc) is 2.69. The number of aromatic nitrogens is 1. The van der Waals surface area contributed by atoms with E-state index in [2.05, 4.69) is 12.2 Å². The molecular formula is C23H34N2O4. The van der Waals surface area contributed by atoms with E-state index in [4.69, 9.17) is 0 Å². The lowest BCUT2D eigenvalue weighted by Gasteiger charge is -2.22. The summed E-state index contributed by atoms with van der Waals surface area (Å²) in [6.45, 7) is 5.92. The maximum atomic E-state index is 12.9. The number of nitrogens with zero attached hydrogens (tertiary/aromatic N) is 1. The minimum Gasteiger partial charge on any atom is -0.394 e. The molecule has 0 saturated heterocycles. The number of amides is 1. The lowest BCUT2D eigenvalue weighted by Crippen LogP contribution is -2.35. The van der Waals surface area contributed by atoms with Crippen molar-refractivity contribution in [1.82, 2.24) is 9.88 Å². The minimum atomic E-state index is -0.903. The van der Waals surface area contributed by atoms with Gasteiger partial charge in [-0.05, 0) is 37.0 Å². The summed E-state index contributed by atoms with van der Waals surface area (Å²) in [4.78, 5) is 25.6. The Kier molecular flexibility index (Phi) is 8.86. The van der Waals surface area contributed by atoms with Crippen LogP contribution in [-0.4, -0.2) is 33.5 Å². The van der Waals surface area contributed by atoms with E-state index in [-0.39, 0.29) is 24.1 Å². The number of nitrogens with one attached hydrogen (secondary N) is 1. The van der Waals surface area contributed by atoms with Gasteiger partial charge in [-0.15, -0.1) is 0 Å². The van der Waals surface area contributed by atoms with E-state index in [9.17, 15) is 19.8 Å². The van der Waals surface area contributed by atoms with Crippen LogP contribution in [0.4, 0.5) is 0 Å². The van der Waals surface area contributed by atoms with E-state index in [0.29, 0.717) is 22.8 Å². The number of fused-ring (bicyclic) bond motifs is 1. The molecule has 1 aromatic carbocycles. The quantitative estimate of drug-likeness (QED) is 0.396. The van der Waals surface area contributed by atoms with Crippen LogP contribution in [0.5, 0.6) is 0 Å². The molecule has 1 heterocycles. The Hall–Kier alpha value is -2.18. The number of carbonyl (C=O) groups excluding carboxylic acids is 1. The molecule has 0 spiro atoms. The predicted molar refractivity (Wildman–Crippen MR) is 116 cm³/mol. The fourth-order valence-electron chi connectivity index (χ4n) is 3.61. The van der Waals surface area contributed by atoms with Crippen molar-refractivity contribution in [2.45, 2.75) is 71.6 Å². The van der Waals surface area contributed by atoms with Gasteiger partial charge in [-0.1, -0.05) is 52.5 Å². The van der Waals surface area contributed by atoms with Gasteiger partial charge in [0.1, 0.15) is 6.23 Å². The van der Waals surface area contributed by atoms with Crippen molar-refractivity contribution in [3.8, 4) is 0 Å². The molecule has 1 amide bonds. The van der Waals surface area contributed by atoms with E-state index < -0.39 is 12.1 Å². The Morgan fingerprint density at radius 2 is 1.83 bits per heavy atom. The van der Waals surface area contributed by atoms with Gasteiger partial charge < -0.3 is 20.1 Å². The fourth-order valence-corrected chi connectivity index (χ4v) is 3.61. The Labute approximate surface area is 172 Å². The van der Waals surface area contributed by atoms with Gasteiger partial charge in [-0.3, -0.25) is 9.59 Å². The molecule has 6 nitrogen and oxygen atoms in total. The fraction of sp³-hybridized carbons (Fsp3) is 0.565. The molecule has 0 aliphatic rings. The molecule has 0 saturated carbocycles. The second kappa shape index (κ2) is 11.1. The third-order valence-corrected chi connectivity index (χ3v) is 5.41. The van der Waals surface area contributed by atoms with Gasteiger partial charge in [0.05, 0.1) is 12.6 Å². The molecule has 0 aliphatic carbocycles. The number of hydrogen-bond acceptors (Lipinski definition) is 4. The van der Waals surface area contributed by atoms with E-state index in [1.54, 1.807) is 30.5 Å². The molecule has 2 rings (SSSR count). The van der Waals surface area contributed by atoms with Crippen LogP contribution in [0.2, 0.25) is 0 Å². The number of unbranched alkanes of at least 4 members (excludes halogenated alkanes) is 4. The van der Waals surface area contributed by atoms with Crippen molar-refractivity contribution < 1.29 is 15.0 Å². The highest BCUT2D eigenvalue weighted by Gasteiger charge is 2.19. The summed E-state index contributed by atoms with van der Waals surface area (Å²) in [5, 5.41) is 23.4.